The molecular formula is C10H5Br2N5O. The van der Waals surface area contributed by atoms with Crippen molar-refractivity contribution in [3.63, 3.8) is 0 Å². The first-order valence-electron chi connectivity index (χ1n) is 4.89. The number of H-pyrrole nitrogens is 1. The summed E-state index contributed by atoms with van der Waals surface area (Å²) in [4.78, 5) is 8.22. The first kappa shape index (κ1) is 11.5. The van der Waals surface area contributed by atoms with Crippen LogP contribution in [0.15, 0.2) is 38.0 Å². The molecule has 2 heterocycles. The lowest BCUT2D eigenvalue weighted by Crippen LogP contribution is -1.84. The van der Waals surface area contributed by atoms with Gasteiger partial charge in [0.2, 0.25) is 5.82 Å². The number of aromatic nitrogens is 5. The van der Waals surface area contributed by atoms with E-state index in [-0.39, 0.29) is 0 Å². The highest BCUT2D eigenvalue weighted by Gasteiger charge is 2.14. The fourth-order valence-electron chi connectivity index (χ4n) is 1.41. The number of nitrogens with zero attached hydrogens (tertiary/aromatic N) is 4. The molecule has 6 nitrogen and oxygen atoms in total. The van der Waals surface area contributed by atoms with E-state index in [1.807, 2.05) is 18.2 Å². The van der Waals surface area contributed by atoms with Gasteiger partial charge in [-0.05, 0) is 34.1 Å². The molecule has 0 saturated heterocycles. The van der Waals surface area contributed by atoms with E-state index in [1.165, 1.54) is 6.33 Å². The fourth-order valence-corrected chi connectivity index (χ4v) is 2.62. The number of nitrogens with one attached hydrogen (secondary N) is 1. The predicted molar refractivity (Wildman–Crippen MR) is 70.5 cm³/mol. The van der Waals surface area contributed by atoms with E-state index in [9.17, 15) is 0 Å². The van der Waals surface area contributed by atoms with Crippen LogP contribution in [0.1, 0.15) is 0 Å². The molecule has 1 N–H and O–H groups in total. The summed E-state index contributed by atoms with van der Waals surface area (Å²) in [6, 6.07) is 5.69. The molecule has 3 aromatic rings. The molecule has 0 bridgehead atoms. The standard InChI is InChI=1S/C10H5Br2N5O/c11-5-1-2-6(7(12)3-5)10-15-9(17-18-10)8-13-4-14-16-8/h1-4H,(H,13,14,16). The summed E-state index contributed by atoms with van der Waals surface area (Å²) in [5.74, 6) is 1.26. The first-order chi connectivity index (χ1) is 8.74. The Kier molecular flexibility index (Phi) is 2.96. The molecule has 0 aliphatic carbocycles. The third kappa shape index (κ3) is 2.08. The normalized spacial score (nSPS) is 10.8. The zero-order valence-corrected chi connectivity index (χ0v) is 11.9. The molecular weight excluding hydrogens is 366 g/mol. The van der Waals surface area contributed by atoms with Crippen molar-refractivity contribution in [1.29, 1.82) is 0 Å². The summed E-state index contributed by atoms with van der Waals surface area (Å²) in [5.41, 5.74) is 0.816. The van der Waals surface area contributed by atoms with Gasteiger partial charge in [0.05, 0.1) is 5.56 Å². The van der Waals surface area contributed by atoms with Crippen molar-refractivity contribution >= 4 is 31.9 Å². The number of aromatic amines is 1. The van der Waals surface area contributed by atoms with Gasteiger partial charge in [-0.1, -0.05) is 21.1 Å². The second-order valence-electron chi connectivity index (χ2n) is 3.38. The van der Waals surface area contributed by atoms with Crippen molar-refractivity contribution in [2.24, 2.45) is 0 Å². The van der Waals surface area contributed by atoms with Crippen molar-refractivity contribution in [3.05, 3.63) is 33.5 Å². The molecule has 0 saturated carbocycles. The van der Waals surface area contributed by atoms with Gasteiger partial charge < -0.3 is 4.52 Å². The summed E-state index contributed by atoms with van der Waals surface area (Å²) in [5, 5.41) is 10.3. The topological polar surface area (TPSA) is 80.5 Å². The zero-order chi connectivity index (χ0) is 12.5. The highest BCUT2D eigenvalue weighted by molar-refractivity contribution is 9.11. The maximum absolute atomic E-state index is 5.20. The summed E-state index contributed by atoms with van der Waals surface area (Å²) >= 11 is 6.83. The molecule has 3 rings (SSSR count). The van der Waals surface area contributed by atoms with Crippen molar-refractivity contribution in [1.82, 2.24) is 25.3 Å². The second-order valence-corrected chi connectivity index (χ2v) is 5.15. The Bertz CT molecular complexity index is 679. The van der Waals surface area contributed by atoms with Crippen molar-refractivity contribution < 1.29 is 4.52 Å². The monoisotopic (exact) mass is 369 g/mol. The van der Waals surface area contributed by atoms with E-state index < -0.39 is 0 Å². The van der Waals surface area contributed by atoms with Gasteiger partial charge in [-0.25, -0.2) is 4.98 Å². The van der Waals surface area contributed by atoms with Crippen LogP contribution in [0, 0.1) is 0 Å². The number of hydrogen-bond acceptors (Lipinski definition) is 5. The second kappa shape index (κ2) is 4.62. The Balaban J connectivity index is 2.03. The number of rotatable bonds is 2. The van der Waals surface area contributed by atoms with Crippen LogP contribution in [0.2, 0.25) is 0 Å². The minimum Gasteiger partial charge on any atom is -0.333 e. The van der Waals surface area contributed by atoms with Gasteiger partial charge >= 0.3 is 0 Å². The SMILES string of the molecule is Brc1ccc(-c2nc(-c3ncn[nH]3)no2)c(Br)c1. The lowest BCUT2D eigenvalue weighted by molar-refractivity contribution is 0.431. The number of benzene rings is 1. The average Bonchev–Trinajstić information content (AvgIpc) is 2.99. The van der Waals surface area contributed by atoms with E-state index in [0.717, 1.165) is 14.5 Å². The quantitative estimate of drug-likeness (QED) is 0.749. The lowest BCUT2D eigenvalue weighted by atomic mass is 10.2. The van der Waals surface area contributed by atoms with Crippen LogP contribution >= 0.6 is 31.9 Å². The van der Waals surface area contributed by atoms with Gasteiger partial charge in [0.25, 0.3) is 5.89 Å². The van der Waals surface area contributed by atoms with Crippen LogP contribution in [0.3, 0.4) is 0 Å². The van der Waals surface area contributed by atoms with Crippen LogP contribution in [-0.4, -0.2) is 25.3 Å². The molecule has 0 amide bonds. The van der Waals surface area contributed by atoms with Crippen LogP contribution < -0.4 is 0 Å². The fraction of sp³-hybridized carbons (Fsp3) is 0. The summed E-state index contributed by atoms with van der Waals surface area (Å²) in [7, 11) is 0. The molecule has 18 heavy (non-hydrogen) atoms. The molecule has 1 aromatic carbocycles. The van der Waals surface area contributed by atoms with E-state index in [2.05, 4.69) is 57.2 Å². The first-order valence-corrected chi connectivity index (χ1v) is 6.47. The summed E-state index contributed by atoms with van der Waals surface area (Å²) < 4.78 is 7.03. The summed E-state index contributed by atoms with van der Waals surface area (Å²) in [6.07, 6.45) is 1.39. The molecule has 0 unspecified atom stereocenters. The maximum atomic E-state index is 5.20. The van der Waals surface area contributed by atoms with Gasteiger partial charge in [-0.15, -0.1) is 0 Å². The minimum atomic E-state index is 0.373. The third-order valence-corrected chi connectivity index (χ3v) is 3.36. The Labute approximate surface area is 118 Å². The van der Waals surface area contributed by atoms with Crippen LogP contribution in [0.4, 0.5) is 0 Å². The molecule has 0 aliphatic heterocycles. The predicted octanol–water partition coefficient (Wildman–Crippen LogP) is 3.05. The molecule has 8 heteroatoms. The molecule has 0 fully saturated rings. The van der Waals surface area contributed by atoms with E-state index in [4.69, 9.17) is 4.52 Å². The largest absolute Gasteiger partial charge is 0.333 e. The lowest BCUT2D eigenvalue weighted by Gasteiger charge is -1.98. The molecule has 0 aliphatic rings. The Morgan fingerprint density at radius 3 is 2.83 bits per heavy atom. The molecule has 2 aromatic heterocycles. The highest BCUT2D eigenvalue weighted by Crippen LogP contribution is 2.30. The Morgan fingerprint density at radius 1 is 1.22 bits per heavy atom. The molecule has 0 spiro atoms. The number of halogens is 2. The summed E-state index contributed by atoms with van der Waals surface area (Å²) in [6.45, 7) is 0. The van der Waals surface area contributed by atoms with Crippen molar-refractivity contribution in [2.75, 3.05) is 0 Å². The van der Waals surface area contributed by atoms with Crippen LogP contribution in [0.5, 0.6) is 0 Å². The average molecular weight is 371 g/mol. The van der Waals surface area contributed by atoms with Crippen molar-refractivity contribution in [3.8, 4) is 23.1 Å². The van der Waals surface area contributed by atoms with Gasteiger partial charge in [-0.3, -0.25) is 5.10 Å². The van der Waals surface area contributed by atoms with Gasteiger partial charge in [0.1, 0.15) is 6.33 Å². The molecule has 90 valence electrons. The maximum Gasteiger partial charge on any atom is 0.259 e. The van der Waals surface area contributed by atoms with Crippen LogP contribution in [0.25, 0.3) is 23.1 Å². The van der Waals surface area contributed by atoms with Gasteiger partial charge in [-0.2, -0.15) is 10.1 Å². The third-order valence-electron chi connectivity index (χ3n) is 2.21. The highest BCUT2D eigenvalue weighted by atomic mass is 79.9. The molecule has 0 atom stereocenters. The van der Waals surface area contributed by atoms with Crippen molar-refractivity contribution in [2.45, 2.75) is 0 Å². The van der Waals surface area contributed by atoms with Gasteiger partial charge in [0.15, 0.2) is 5.82 Å². The number of hydrogen-bond donors (Lipinski definition) is 1. The Morgan fingerprint density at radius 2 is 2.11 bits per heavy atom. The Hall–Kier alpha value is -1.54. The molecule has 0 radical (unpaired) electrons. The van der Waals surface area contributed by atoms with E-state index in [1.54, 1.807) is 0 Å². The van der Waals surface area contributed by atoms with Gasteiger partial charge in [0, 0.05) is 8.95 Å². The minimum absolute atomic E-state index is 0.373. The van der Waals surface area contributed by atoms with E-state index in [0.29, 0.717) is 17.5 Å². The van der Waals surface area contributed by atoms with E-state index >= 15 is 0 Å². The van der Waals surface area contributed by atoms with Crippen LogP contribution in [-0.2, 0) is 0 Å². The smallest absolute Gasteiger partial charge is 0.259 e. The zero-order valence-electron chi connectivity index (χ0n) is 8.76.